The van der Waals surface area contributed by atoms with Crippen molar-refractivity contribution in [2.24, 2.45) is 0 Å². The third-order valence-corrected chi connectivity index (χ3v) is 4.73. The van der Waals surface area contributed by atoms with Crippen LogP contribution in [0.15, 0.2) is 48.5 Å². The Morgan fingerprint density at radius 3 is 2.30 bits per heavy atom. The molecular weight excluding hydrogens is 412 g/mol. The fourth-order valence-corrected chi connectivity index (χ4v) is 3.14. The van der Waals surface area contributed by atoms with E-state index in [1.807, 2.05) is 24.3 Å². The Kier molecular flexibility index (Phi) is 6.61. The lowest BCUT2D eigenvalue weighted by Gasteiger charge is -2.19. The zero-order chi connectivity index (χ0) is 21.7. The van der Waals surface area contributed by atoms with Crippen LogP contribution in [0.4, 0.5) is 13.9 Å². The summed E-state index contributed by atoms with van der Waals surface area (Å²) in [7, 11) is 0. The van der Waals surface area contributed by atoms with E-state index in [0.717, 1.165) is 11.5 Å². The quantitative estimate of drug-likeness (QED) is 0.560. The average Bonchev–Trinajstić information content (AvgIpc) is 3.14. The zero-order valence-electron chi connectivity index (χ0n) is 16.7. The second-order valence-electron chi connectivity index (χ2n) is 7.44. The van der Waals surface area contributed by atoms with Crippen molar-refractivity contribution in [2.45, 2.75) is 32.8 Å². The van der Waals surface area contributed by atoms with Crippen molar-refractivity contribution < 1.29 is 23.0 Å². The average molecular weight is 433 g/mol. The van der Waals surface area contributed by atoms with Gasteiger partial charge in [0.2, 0.25) is 5.13 Å². The molecule has 0 aliphatic rings. The van der Waals surface area contributed by atoms with E-state index in [2.05, 4.69) is 40.2 Å². The molecule has 0 radical (unpaired) electrons. The molecule has 1 heterocycles. The molecule has 3 rings (SSSR count). The van der Waals surface area contributed by atoms with Gasteiger partial charge in [-0.2, -0.15) is 18.1 Å². The highest BCUT2D eigenvalue weighted by Crippen LogP contribution is 2.25. The number of carbonyl (C=O) groups excluding carboxylic acids is 1. The van der Waals surface area contributed by atoms with Gasteiger partial charge in [0.05, 0.1) is 0 Å². The number of hydrogen-bond donors (Lipinski definition) is 1. The van der Waals surface area contributed by atoms with Crippen LogP contribution in [0, 0.1) is 0 Å². The maximum Gasteiger partial charge on any atom is 0.387 e. The van der Waals surface area contributed by atoms with Gasteiger partial charge in [-0.1, -0.05) is 32.9 Å². The SMILES string of the molecule is CC(C)(C)c1ccc(OCC(=O)Nc2nc(-c3ccc(OC(F)F)cc3)ns2)cc1. The molecule has 1 N–H and O–H groups in total. The lowest BCUT2D eigenvalue weighted by atomic mass is 9.87. The largest absolute Gasteiger partial charge is 0.484 e. The molecule has 0 bridgehead atoms. The van der Waals surface area contributed by atoms with Crippen LogP contribution in [0.25, 0.3) is 11.4 Å². The molecule has 0 aliphatic heterocycles. The number of benzene rings is 2. The molecule has 3 aromatic rings. The number of nitrogens with zero attached hydrogens (tertiary/aromatic N) is 2. The van der Waals surface area contributed by atoms with E-state index >= 15 is 0 Å². The standard InChI is InChI=1S/C21H21F2N3O3S/c1-21(2,3)14-6-10-15(11-7-14)28-12-17(27)24-20-25-18(26-30-20)13-4-8-16(9-5-13)29-19(22)23/h4-11,19H,12H2,1-3H3,(H,24,25,26,27). The van der Waals surface area contributed by atoms with Crippen LogP contribution >= 0.6 is 11.5 Å². The van der Waals surface area contributed by atoms with Crippen molar-refractivity contribution in [1.82, 2.24) is 9.36 Å². The Labute approximate surface area is 177 Å². The number of hydrogen-bond acceptors (Lipinski definition) is 6. The number of ether oxygens (including phenoxy) is 2. The van der Waals surface area contributed by atoms with Crippen molar-refractivity contribution in [1.29, 1.82) is 0 Å². The third-order valence-electron chi connectivity index (χ3n) is 4.10. The van der Waals surface area contributed by atoms with E-state index in [1.54, 1.807) is 12.1 Å². The van der Waals surface area contributed by atoms with Crippen LogP contribution in [0.5, 0.6) is 11.5 Å². The molecule has 0 atom stereocenters. The Hall–Kier alpha value is -3.07. The van der Waals surface area contributed by atoms with Gasteiger partial charge in [0.15, 0.2) is 12.4 Å². The fraction of sp³-hybridized carbons (Fsp3) is 0.286. The first kappa shape index (κ1) is 21.6. The normalized spacial score (nSPS) is 11.4. The van der Waals surface area contributed by atoms with Crippen LogP contribution in [0.1, 0.15) is 26.3 Å². The first-order valence-electron chi connectivity index (χ1n) is 9.13. The van der Waals surface area contributed by atoms with Gasteiger partial charge in [-0.3, -0.25) is 10.1 Å². The molecule has 0 unspecified atom stereocenters. The number of halogens is 2. The molecule has 1 amide bonds. The minimum atomic E-state index is -2.88. The smallest absolute Gasteiger partial charge is 0.387 e. The Morgan fingerprint density at radius 2 is 1.70 bits per heavy atom. The summed E-state index contributed by atoms with van der Waals surface area (Å²) in [6.45, 7) is 3.33. The minimum absolute atomic E-state index is 0.0434. The van der Waals surface area contributed by atoms with E-state index in [1.165, 1.54) is 17.7 Å². The highest BCUT2D eigenvalue weighted by atomic mass is 32.1. The van der Waals surface area contributed by atoms with Gasteiger partial charge in [-0.15, -0.1) is 0 Å². The fourth-order valence-electron chi connectivity index (χ4n) is 2.53. The summed E-state index contributed by atoms with van der Waals surface area (Å²) in [5.74, 6) is 0.656. The topological polar surface area (TPSA) is 73.3 Å². The molecular formula is C21H21F2N3O3S. The van der Waals surface area contributed by atoms with E-state index in [4.69, 9.17) is 4.74 Å². The molecule has 9 heteroatoms. The number of carbonyl (C=O) groups is 1. The molecule has 0 saturated heterocycles. The van der Waals surface area contributed by atoms with Crippen molar-refractivity contribution in [3.05, 3.63) is 54.1 Å². The molecule has 1 aromatic heterocycles. The summed E-state index contributed by atoms with van der Waals surface area (Å²) in [5, 5.41) is 2.95. The van der Waals surface area contributed by atoms with Crippen molar-refractivity contribution in [3.8, 4) is 22.9 Å². The van der Waals surface area contributed by atoms with Gasteiger partial charge in [-0.05, 0) is 47.4 Å². The van der Waals surface area contributed by atoms with Crippen molar-refractivity contribution >= 4 is 22.6 Å². The van der Waals surface area contributed by atoms with Crippen LogP contribution in [0.3, 0.4) is 0 Å². The van der Waals surface area contributed by atoms with Gasteiger partial charge in [0.1, 0.15) is 11.5 Å². The molecule has 0 fully saturated rings. The number of rotatable bonds is 7. The maximum absolute atomic E-state index is 12.2. The molecule has 6 nitrogen and oxygen atoms in total. The van der Waals surface area contributed by atoms with Gasteiger partial charge in [0, 0.05) is 17.1 Å². The van der Waals surface area contributed by atoms with Crippen LogP contribution in [0.2, 0.25) is 0 Å². The van der Waals surface area contributed by atoms with E-state index in [-0.39, 0.29) is 23.7 Å². The first-order valence-corrected chi connectivity index (χ1v) is 9.90. The lowest BCUT2D eigenvalue weighted by molar-refractivity contribution is -0.118. The molecule has 158 valence electrons. The summed E-state index contributed by atoms with van der Waals surface area (Å²) in [6.07, 6.45) is 0. The summed E-state index contributed by atoms with van der Waals surface area (Å²) in [5.41, 5.74) is 1.83. The summed E-state index contributed by atoms with van der Waals surface area (Å²) in [4.78, 5) is 16.4. The van der Waals surface area contributed by atoms with Crippen LogP contribution in [-0.4, -0.2) is 28.5 Å². The summed E-state index contributed by atoms with van der Waals surface area (Å²) >= 11 is 1.01. The predicted molar refractivity (Wildman–Crippen MR) is 111 cm³/mol. The number of amides is 1. The van der Waals surface area contributed by atoms with E-state index in [9.17, 15) is 13.6 Å². The molecule has 0 spiro atoms. The van der Waals surface area contributed by atoms with Gasteiger partial charge < -0.3 is 9.47 Å². The van der Waals surface area contributed by atoms with E-state index in [0.29, 0.717) is 22.3 Å². The third kappa shape index (κ3) is 5.96. The second kappa shape index (κ2) is 9.17. The van der Waals surface area contributed by atoms with E-state index < -0.39 is 6.61 Å². The minimum Gasteiger partial charge on any atom is -0.484 e. The maximum atomic E-state index is 12.2. The highest BCUT2D eigenvalue weighted by Gasteiger charge is 2.14. The number of aromatic nitrogens is 2. The van der Waals surface area contributed by atoms with Gasteiger partial charge in [-0.25, -0.2) is 0 Å². The second-order valence-corrected chi connectivity index (χ2v) is 8.19. The molecule has 0 saturated carbocycles. The summed E-state index contributed by atoms with van der Waals surface area (Å²) in [6, 6.07) is 13.5. The Bertz CT molecular complexity index is 984. The Morgan fingerprint density at radius 1 is 1.07 bits per heavy atom. The zero-order valence-corrected chi connectivity index (χ0v) is 17.5. The Balaban J connectivity index is 1.53. The molecule has 30 heavy (non-hydrogen) atoms. The highest BCUT2D eigenvalue weighted by molar-refractivity contribution is 7.10. The van der Waals surface area contributed by atoms with Crippen molar-refractivity contribution in [3.63, 3.8) is 0 Å². The predicted octanol–water partition coefficient (Wildman–Crippen LogP) is 5.12. The number of nitrogens with one attached hydrogen (secondary N) is 1. The molecule has 2 aromatic carbocycles. The summed E-state index contributed by atoms with van der Waals surface area (Å²) < 4.78 is 38.4. The molecule has 0 aliphatic carbocycles. The van der Waals surface area contributed by atoms with Gasteiger partial charge in [0.25, 0.3) is 5.91 Å². The monoisotopic (exact) mass is 433 g/mol. The van der Waals surface area contributed by atoms with Crippen LogP contribution in [-0.2, 0) is 10.2 Å². The first-order chi connectivity index (χ1) is 14.2. The van der Waals surface area contributed by atoms with Crippen molar-refractivity contribution in [2.75, 3.05) is 11.9 Å². The number of alkyl halides is 2. The van der Waals surface area contributed by atoms with Gasteiger partial charge >= 0.3 is 6.61 Å². The lowest BCUT2D eigenvalue weighted by Crippen LogP contribution is -2.20. The number of anilines is 1. The van der Waals surface area contributed by atoms with Crippen LogP contribution < -0.4 is 14.8 Å².